The summed E-state index contributed by atoms with van der Waals surface area (Å²) in [6, 6.07) is 7.19. The molecule has 6 nitrogen and oxygen atoms in total. The lowest BCUT2D eigenvalue weighted by Crippen LogP contribution is -2.30. The van der Waals surface area contributed by atoms with Gasteiger partial charge in [-0.15, -0.1) is 0 Å². The Morgan fingerprint density at radius 2 is 2.09 bits per heavy atom. The van der Waals surface area contributed by atoms with Gasteiger partial charge in [0, 0.05) is 11.8 Å². The first kappa shape index (κ1) is 14.7. The van der Waals surface area contributed by atoms with Gasteiger partial charge < -0.3 is 10.1 Å². The number of carbonyl (C=O) groups excluding carboxylic acids is 2. The van der Waals surface area contributed by atoms with Crippen LogP contribution in [0.3, 0.4) is 0 Å². The highest BCUT2D eigenvalue weighted by Crippen LogP contribution is 2.39. The molecule has 2 bridgehead atoms. The van der Waals surface area contributed by atoms with Crippen LogP contribution in [0.15, 0.2) is 30.3 Å². The van der Waals surface area contributed by atoms with E-state index < -0.39 is 5.91 Å². The Morgan fingerprint density at radius 3 is 2.77 bits per heavy atom. The van der Waals surface area contributed by atoms with Gasteiger partial charge in [-0.05, 0) is 37.0 Å². The Kier molecular flexibility index (Phi) is 4.22. The zero-order chi connectivity index (χ0) is 15.5. The molecule has 0 saturated carbocycles. The number of benzene rings is 1. The van der Waals surface area contributed by atoms with E-state index in [0.29, 0.717) is 11.3 Å². The molecule has 2 aliphatic rings. The largest absolute Gasteiger partial charge is 0.374 e. The first-order valence-electron chi connectivity index (χ1n) is 7.35. The molecule has 1 aromatic carbocycles. The lowest BCUT2D eigenvalue weighted by Gasteiger charge is -2.18. The minimum atomic E-state index is -0.623. The van der Waals surface area contributed by atoms with E-state index in [-0.39, 0.29) is 24.0 Å². The van der Waals surface area contributed by atoms with Crippen LogP contribution in [0.25, 0.3) is 6.08 Å². The Bertz CT molecular complexity index is 614. The molecular weight excluding hydrogens is 284 g/mol. The first-order valence-corrected chi connectivity index (χ1v) is 7.35. The van der Waals surface area contributed by atoms with Gasteiger partial charge >= 0.3 is 0 Å². The number of rotatable bonds is 4. The quantitative estimate of drug-likeness (QED) is 0.449. The van der Waals surface area contributed by atoms with E-state index in [0.717, 1.165) is 19.3 Å². The van der Waals surface area contributed by atoms with E-state index in [4.69, 9.17) is 9.94 Å². The molecule has 3 atom stereocenters. The maximum absolute atomic E-state index is 12.4. The lowest BCUT2D eigenvalue weighted by atomic mass is 9.88. The molecule has 2 fully saturated rings. The first-order chi connectivity index (χ1) is 10.7. The van der Waals surface area contributed by atoms with E-state index in [1.165, 1.54) is 11.6 Å². The maximum atomic E-state index is 12.4. The second-order valence-corrected chi connectivity index (χ2v) is 5.60. The molecule has 2 saturated heterocycles. The van der Waals surface area contributed by atoms with Gasteiger partial charge in [-0.25, -0.2) is 5.48 Å². The van der Waals surface area contributed by atoms with Crippen LogP contribution in [0.1, 0.15) is 24.8 Å². The number of para-hydroxylation sites is 1. The fourth-order valence-electron chi connectivity index (χ4n) is 3.10. The number of carbonyl (C=O) groups is 2. The molecule has 2 aliphatic heterocycles. The van der Waals surface area contributed by atoms with Crippen molar-refractivity contribution in [1.29, 1.82) is 0 Å². The predicted octanol–water partition coefficient (Wildman–Crippen LogP) is 1.71. The number of ether oxygens (including phenoxy) is 1. The monoisotopic (exact) mass is 302 g/mol. The van der Waals surface area contributed by atoms with E-state index in [1.54, 1.807) is 18.2 Å². The number of hydroxylamine groups is 1. The van der Waals surface area contributed by atoms with Crippen molar-refractivity contribution in [2.24, 2.45) is 5.92 Å². The van der Waals surface area contributed by atoms with Crippen LogP contribution in [-0.2, 0) is 14.3 Å². The lowest BCUT2D eigenvalue weighted by molar-refractivity contribution is -0.124. The zero-order valence-electron chi connectivity index (χ0n) is 12.0. The van der Waals surface area contributed by atoms with Gasteiger partial charge in [0.25, 0.3) is 5.91 Å². The molecule has 1 aromatic rings. The van der Waals surface area contributed by atoms with E-state index in [1.807, 2.05) is 12.1 Å². The molecule has 6 heteroatoms. The van der Waals surface area contributed by atoms with Crippen LogP contribution >= 0.6 is 0 Å². The van der Waals surface area contributed by atoms with Gasteiger partial charge in [0.2, 0.25) is 5.91 Å². The maximum Gasteiger partial charge on any atom is 0.267 e. The molecule has 0 aliphatic carbocycles. The van der Waals surface area contributed by atoms with Gasteiger partial charge in [-0.3, -0.25) is 14.8 Å². The number of fused-ring (bicyclic) bond motifs is 2. The molecule has 0 aromatic heterocycles. The second kappa shape index (κ2) is 6.29. The molecule has 116 valence electrons. The predicted molar refractivity (Wildman–Crippen MR) is 80.0 cm³/mol. The van der Waals surface area contributed by atoms with Crippen LogP contribution in [0.5, 0.6) is 0 Å². The number of hydrogen-bond acceptors (Lipinski definition) is 4. The molecule has 0 spiro atoms. The molecule has 3 rings (SSSR count). The van der Waals surface area contributed by atoms with Crippen LogP contribution in [0, 0.1) is 5.92 Å². The van der Waals surface area contributed by atoms with Crippen molar-refractivity contribution < 1.29 is 19.5 Å². The van der Waals surface area contributed by atoms with Crippen LogP contribution in [0.2, 0.25) is 0 Å². The smallest absolute Gasteiger partial charge is 0.267 e. The van der Waals surface area contributed by atoms with Crippen molar-refractivity contribution >= 4 is 23.6 Å². The summed E-state index contributed by atoms with van der Waals surface area (Å²) in [7, 11) is 0. The number of amides is 2. The zero-order valence-corrected chi connectivity index (χ0v) is 12.0. The number of anilines is 1. The van der Waals surface area contributed by atoms with Crippen LogP contribution in [-0.4, -0.2) is 29.2 Å². The molecule has 3 N–H and O–H groups in total. The summed E-state index contributed by atoms with van der Waals surface area (Å²) < 4.78 is 5.71. The molecule has 22 heavy (non-hydrogen) atoms. The van der Waals surface area contributed by atoms with Crippen molar-refractivity contribution in [3.8, 4) is 0 Å². The van der Waals surface area contributed by atoms with Crippen LogP contribution < -0.4 is 10.8 Å². The Morgan fingerprint density at radius 1 is 1.27 bits per heavy atom. The van der Waals surface area contributed by atoms with Crippen molar-refractivity contribution in [1.82, 2.24) is 5.48 Å². The molecule has 3 unspecified atom stereocenters. The third-order valence-corrected chi connectivity index (χ3v) is 4.19. The topological polar surface area (TPSA) is 87.7 Å². The van der Waals surface area contributed by atoms with Gasteiger partial charge in [0.1, 0.15) is 0 Å². The normalized spacial score (nSPS) is 26.3. The Balaban J connectivity index is 1.71. The summed E-state index contributed by atoms with van der Waals surface area (Å²) in [5, 5.41) is 11.4. The summed E-state index contributed by atoms with van der Waals surface area (Å²) in [5.74, 6) is -0.765. The number of nitrogens with one attached hydrogen (secondary N) is 2. The number of hydrogen-bond donors (Lipinski definition) is 3. The summed E-state index contributed by atoms with van der Waals surface area (Å²) in [4.78, 5) is 23.5. The molecule has 2 heterocycles. The summed E-state index contributed by atoms with van der Waals surface area (Å²) in [6.45, 7) is 0. The molecule has 0 radical (unpaired) electrons. The SMILES string of the molecule is O=C(/C=C/c1ccccc1NC(=O)C1CC2CCC1O2)NO. The minimum Gasteiger partial charge on any atom is -0.374 e. The minimum absolute atomic E-state index is 0.0351. The highest BCUT2D eigenvalue weighted by Gasteiger charge is 2.44. The molecular formula is C16H18N2O4. The van der Waals surface area contributed by atoms with E-state index in [9.17, 15) is 9.59 Å². The van der Waals surface area contributed by atoms with Gasteiger partial charge in [0.15, 0.2) is 0 Å². The van der Waals surface area contributed by atoms with Crippen molar-refractivity contribution in [2.75, 3.05) is 5.32 Å². The van der Waals surface area contributed by atoms with Gasteiger partial charge in [-0.2, -0.15) is 0 Å². The third-order valence-electron chi connectivity index (χ3n) is 4.19. The Labute approximate surface area is 128 Å². The fourth-order valence-corrected chi connectivity index (χ4v) is 3.10. The highest BCUT2D eigenvalue weighted by atomic mass is 16.5. The summed E-state index contributed by atoms with van der Waals surface area (Å²) in [5.41, 5.74) is 2.86. The van der Waals surface area contributed by atoms with Crippen molar-refractivity contribution in [2.45, 2.75) is 31.5 Å². The second-order valence-electron chi connectivity index (χ2n) is 5.60. The third kappa shape index (κ3) is 3.03. The standard InChI is InChI=1S/C16H18N2O4/c19-15(18-21)8-5-10-3-1-2-4-13(10)17-16(20)12-9-11-6-7-14(12)22-11/h1-5,8,11-12,14,21H,6-7,9H2,(H,17,20)(H,18,19)/b8-5+. The van der Waals surface area contributed by atoms with Crippen LogP contribution in [0.4, 0.5) is 5.69 Å². The van der Waals surface area contributed by atoms with Crippen molar-refractivity contribution in [3.05, 3.63) is 35.9 Å². The summed E-state index contributed by atoms with van der Waals surface area (Å²) in [6.07, 6.45) is 5.77. The average molecular weight is 302 g/mol. The fraction of sp³-hybridized carbons (Fsp3) is 0.375. The average Bonchev–Trinajstić information content (AvgIpc) is 3.16. The van der Waals surface area contributed by atoms with Gasteiger partial charge in [0.05, 0.1) is 18.1 Å². The highest BCUT2D eigenvalue weighted by molar-refractivity contribution is 5.97. The Hall–Kier alpha value is -2.18. The van der Waals surface area contributed by atoms with Gasteiger partial charge in [-0.1, -0.05) is 18.2 Å². The van der Waals surface area contributed by atoms with E-state index >= 15 is 0 Å². The summed E-state index contributed by atoms with van der Waals surface area (Å²) >= 11 is 0. The molecule has 2 amide bonds. The van der Waals surface area contributed by atoms with E-state index in [2.05, 4.69) is 5.32 Å². The van der Waals surface area contributed by atoms with Crippen molar-refractivity contribution in [3.63, 3.8) is 0 Å².